The lowest BCUT2D eigenvalue weighted by Gasteiger charge is -2.05. The smallest absolute Gasteiger partial charge is 0.134 e. The van der Waals surface area contributed by atoms with Crippen LogP contribution in [0, 0.1) is 6.92 Å². The molecule has 1 saturated carbocycles. The van der Waals surface area contributed by atoms with E-state index in [4.69, 9.17) is 0 Å². The van der Waals surface area contributed by atoms with Crippen molar-refractivity contribution in [3.8, 4) is 0 Å². The van der Waals surface area contributed by atoms with Crippen LogP contribution in [0.15, 0.2) is 12.3 Å². The van der Waals surface area contributed by atoms with Gasteiger partial charge in [0, 0.05) is 18.3 Å². The van der Waals surface area contributed by atoms with Gasteiger partial charge in [-0.25, -0.2) is 0 Å². The molecule has 1 heterocycles. The van der Waals surface area contributed by atoms with Gasteiger partial charge in [0.25, 0.3) is 0 Å². The maximum absolute atomic E-state index is 11.0. The van der Waals surface area contributed by atoms with Crippen molar-refractivity contribution in [3.63, 3.8) is 0 Å². The minimum Gasteiger partial charge on any atom is -0.300 e. The highest BCUT2D eigenvalue weighted by molar-refractivity contribution is 5.78. The van der Waals surface area contributed by atoms with Gasteiger partial charge in [0.05, 0.1) is 0 Å². The van der Waals surface area contributed by atoms with E-state index in [9.17, 15) is 4.79 Å². The molecule has 0 aromatic carbocycles. The van der Waals surface area contributed by atoms with Crippen molar-refractivity contribution in [1.82, 2.24) is 4.98 Å². The molecule has 0 bridgehead atoms. The molecule has 1 aliphatic rings. The molecule has 0 N–H and O–H groups in total. The average molecular weight is 189 g/mol. The minimum atomic E-state index is 0.211. The lowest BCUT2D eigenvalue weighted by molar-refractivity contribution is -0.116. The third kappa shape index (κ3) is 2.00. The summed E-state index contributed by atoms with van der Waals surface area (Å²) < 4.78 is 0. The summed E-state index contributed by atoms with van der Waals surface area (Å²) in [5.41, 5.74) is 3.40. The zero-order chi connectivity index (χ0) is 10.1. The third-order valence-corrected chi connectivity index (χ3v) is 2.70. The van der Waals surface area contributed by atoms with Gasteiger partial charge in [0.1, 0.15) is 5.78 Å². The van der Waals surface area contributed by atoms with E-state index in [1.165, 1.54) is 18.4 Å². The van der Waals surface area contributed by atoms with Gasteiger partial charge in [0.15, 0.2) is 0 Å². The zero-order valence-electron chi connectivity index (χ0n) is 8.71. The van der Waals surface area contributed by atoms with E-state index in [2.05, 4.69) is 11.1 Å². The molecule has 2 heteroatoms. The number of pyridine rings is 1. The topological polar surface area (TPSA) is 30.0 Å². The predicted molar refractivity (Wildman–Crippen MR) is 55.3 cm³/mol. The van der Waals surface area contributed by atoms with Gasteiger partial charge in [-0.3, -0.25) is 9.78 Å². The van der Waals surface area contributed by atoms with Crippen molar-refractivity contribution >= 4 is 5.78 Å². The predicted octanol–water partition coefficient (Wildman–Crippen LogP) is 2.40. The monoisotopic (exact) mass is 189 g/mol. The summed E-state index contributed by atoms with van der Waals surface area (Å²) in [5.74, 6) is 0.927. The second-order valence-electron chi connectivity index (χ2n) is 4.17. The number of Topliss-reactive ketones (excluding diaryl/α,β-unsaturated/α-hetero) is 1. The summed E-state index contributed by atoms with van der Waals surface area (Å²) in [5, 5.41) is 0. The van der Waals surface area contributed by atoms with Crippen LogP contribution in [0.4, 0.5) is 0 Å². The molecule has 1 fully saturated rings. The first kappa shape index (κ1) is 9.38. The normalized spacial score (nSPS) is 15.6. The second-order valence-corrected chi connectivity index (χ2v) is 4.17. The second kappa shape index (κ2) is 3.52. The first-order chi connectivity index (χ1) is 6.66. The Labute approximate surface area is 84.4 Å². The summed E-state index contributed by atoms with van der Waals surface area (Å²) in [6.45, 7) is 3.60. The number of ketones is 1. The molecule has 0 aliphatic heterocycles. The van der Waals surface area contributed by atoms with Gasteiger partial charge >= 0.3 is 0 Å². The van der Waals surface area contributed by atoms with Crippen molar-refractivity contribution in [1.29, 1.82) is 0 Å². The third-order valence-electron chi connectivity index (χ3n) is 2.70. The van der Waals surface area contributed by atoms with Gasteiger partial charge in [0.2, 0.25) is 0 Å². The molecule has 1 aliphatic carbocycles. The lowest BCUT2D eigenvalue weighted by atomic mass is 10.0. The Bertz CT molecular complexity index is 367. The highest BCUT2D eigenvalue weighted by Gasteiger charge is 2.24. The molecule has 2 rings (SSSR count). The van der Waals surface area contributed by atoms with Crippen LogP contribution >= 0.6 is 0 Å². The first-order valence-corrected chi connectivity index (χ1v) is 5.11. The Morgan fingerprint density at radius 1 is 1.57 bits per heavy atom. The van der Waals surface area contributed by atoms with Crippen molar-refractivity contribution in [3.05, 3.63) is 29.1 Å². The van der Waals surface area contributed by atoms with E-state index in [0.717, 1.165) is 11.3 Å². The molecule has 0 radical (unpaired) electrons. The number of aryl methyl sites for hydroxylation is 1. The molecule has 0 amide bonds. The number of carbonyl (C=O) groups excluding carboxylic acids is 1. The average Bonchev–Trinajstić information content (AvgIpc) is 2.91. The van der Waals surface area contributed by atoms with E-state index < -0.39 is 0 Å². The van der Waals surface area contributed by atoms with Crippen LogP contribution in [0.5, 0.6) is 0 Å². The summed E-state index contributed by atoms with van der Waals surface area (Å²) >= 11 is 0. The molecule has 0 spiro atoms. The minimum absolute atomic E-state index is 0.211. The number of hydrogen-bond acceptors (Lipinski definition) is 2. The Kier molecular flexibility index (Phi) is 2.36. The summed E-state index contributed by atoms with van der Waals surface area (Å²) in [4.78, 5) is 15.4. The van der Waals surface area contributed by atoms with Crippen LogP contribution in [0.1, 0.15) is 42.5 Å². The molecule has 1 aromatic heterocycles. The van der Waals surface area contributed by atoms with Gasteiger partial charge in [-0.2, -0.15) is 0 Å². The number of aromatic nitrogens is 1. The Morgan fingerprint density at radius 3 is 2.86 bits per heavy atom. The molecule has 0 saturated heterocycles. The van der Waals surface area contributed by atoms with Crippen LogP contribution in [0.25, 0.3) is 0 Å². The SMILES string of the molecule is CC(=O)Cc1cc(C2CC2)cnc1C. The van der Waals surface area contributed by atoms with Gasteiger partial charge < -0.3 is 0 Å². The summed E-state index contributed by atoms with van der Waals surface area (Å²) in [7, 11) is 0. The van der Waals surface area contributed by atoms with E-state index in [1.54, 1.807) is 6.92 Å². The maximum Gasteiger partial charge on any atom is 0.134 e. The van der Waals surface area contributed by atoms with E-state index >= 15 is 0 Å². The molecular formula is C12H15NO. The first-order valence-electron chi connectivity index (χ1n) is 5.11. The number of nitrogens with zero attached hydrogens (tertiary/aromatic N) is 1. The molecule has 1 aromatic rings. The Balaban J connectivity index is 2.26. The summed E-state index contributed by atoms with van der Waals surface area (Å²) in [6.07, 6.45) is 5.05. The van der Waals surface area contributed by atoms with Gasteiger partial charge in [-0.1, -0.05) is 6.07 Å². The fourth-order valence-electron chi connectivity index (χ4n) is 1.68. The number of carbonyl (C=O) groups is 1. The zero-order valence-corrected chi connectivity index (χ0v) is 8.71. The fraction of sp³-hybridized carbons (Fsp3) is 0.500. The van der Waals surface area contributed by atoms with Crippen molar-refractivity contribution < 1.29 is 4.79 Å². The Morgan fingerprint density at radius 2 is 2.29 bits per heavy atom. The molecular weight excluding hydrogens is 174 g/mol. The van der Waals surface area contributed by atoms with E-state index in [-0.39, 0.29) is 5.78 Å². The number of rotatable bonds is 3. The highest BCUT2D eigenvalue weighted by Crippen LogP contribution is 2.40. The number of hydrogen-bond donors (Lipinski definition) is 0. The fourth-order valence-corrected chi connectivity index (χ4v) is 1.68. The molecule has 74 valence electrons. The van der Waals surface area contributed by atoms with Gasteiger partial charge in [-0.05, 0) is 43.7 Å². The molecule has 14 heavy (non-hydrogen) atoms. The van der Waals surface area contributed by atoms with E-state index in [0.29, 0.717) is 12.3 Å². The molecule has 0 unspecified atom stereocenters. The van der Waals surface area contributed by atoms with E-state index in [1.807, 2.05) is 13.1 Å². The Hall–Kier alpha value is -1.18. The van der Waals surface area contributed by atoms with Crippen molar-refractivity contribution in [2.75, 3.05) is 0 Å². The maximum atomic E-state index is 11.0. The van der Waals surface area contributed by atoms with Crippen molar-refractivity contribution in [2.45, 2.75) is 39.0 Å². The molecule has 2 nitrogen and oxygen atoms in total. The summed E-state index contributed by atoms with van der Waals surface area (Å²) in [6, 6.07) is 2.15. The highest BCUT2D eigenvalue weighted by atomic mass is 16.1. The van der Waals surface area contributed by atoms with Crippen LogP contribution in [-0.4, -0.2) is 10.8 Å². The van der Waals surface area contributed by atoms with Crippen molar-refractivity contribution in [2.24, 2.45) is 0 Å². The standard InChI is InChI=1S/C12H15NO/c1-8(14)5-11-6-12(10-3-4-10)7-13-9(11)2/h6-7,10H,3-5H2,1-2H3. The van der Waals surface area contributed by atoms with Crippen LogP contribution in [-0.2, 0) is 11.2 Å². The van der Waals surface area contributed by atoms with Crippen LogP contribution in [0.2, 0.25) is 0 Å². The lowest BCUT2D eigenvalue weighted by Crippen LogP contribution is -2.01. The quantitative estimate of drug-likeness (QED) is 0.730. The van der Waals surface area contributed by atoms with Crippen LogP contribution in [0.3, 0.4) is 0 Å². The molecule has 0 atom stereocenters. The van der Waals surface area contributed by atoms with Crippen LogP contribution < -0.4 is 0 Å². The largest absolute Gasteiger partial charge is 0.300 e. The van der Waals surface area contributed by atoms with Gasteiger partial charge in [-0.15, -0.1) is 0 Å².